The Morgan fingerprint density at radius 2 is 1.94 bits per heavy atom. The van der Waals surface area contributed by atoms with Crippen LogP contribution in [0.4, 0.5) is 0 Å². The lowest BCUT2D eigenvalue weighted by Crippen LogP contribution is -2.63. The molecule has 1 heterocycles. The van der Waals surface area contributed by atoms with Crippen molar-refractivity contribution in [3.63, 3.8) is 0 Å². The van der Waals surface area contributed by atoms with Crippen LogP contribution < -0.4 is 5.32 Å². The number of ether oxygens (including phenoxy) is 1. The third-order valence-corrected chi connectivity index (χ3v) is 2.96. The monoisotopic (exact) mass is 228 g/mol. The van der Waals surface area contributed by atoms with Crippen molar-refractivity contribution in [3.05, 3.63) is 0 Å². The van der Waals surface area contributed by atoms with Crippen LogP contribution in [-0.2, 0) is 14.3 Å². The molecule has 1 fully saturated rings. The Labute approximate surface area is 96.1 Å². The first-order chi connectivity index (χ1) is 7.28. The molecule has 0 aromatic carbocycles. The first-order valence-corrected chi connectivity index (χ1v) is 5.44. The van der Waals surface area contributed by atoms with Gasteiger partial charge in [-0.15, -0.1) is 0 Å². The summed E-state index contributed by atoms with van der Waals surface area (Å²) < 4.78 is 5.28. The number of rotatable bonds is 3. The van der Waals surface area contributed by atoms with Gasteiger partial charge in [0, 0.05) is 13.7 Å². The van der Waals surface area contributed by atoms with E-state index in [-0.39, 0.29) is 11.8 Å². The van der Waals surface area contributed by atoms with Gasteiger partial charge in [-0.2, -0.15) is 0 Å². The highest BCUT2D eigenvalue weighted by molar-refractivity contribution is 5.96. The van der Waals surface area contributed by atoms with Gasteiger partial charge in [0.15, 0.2) is 0 Å². The lowest BCUT2D eigenvalue weighted by atomic mass is 10.0. The zero-order chi connectivity index (χ0) is 12.5. The molecule has 5 heteroatoms. The van der Waals surface area contributed by atoms with Gasteiger partial charge in [0.2, 0.25) is 11.8 Å². The van der Waals surface area contributed by atoms with E-state index in [1.54, 1.807) is 25.9 Å². The summed E-state index contributed by atoms with van der Waals surface area (Å²) in [5.41, 5.74) is -0.443. The third-order valence-electron chi connectivity index (χ3n) is 2.96. The van der Waals surface area contributed by atoms with E-state index in [1.807, 2.05) is 13.8 Å². The molecule has 92 valence electrons. The third kappa shape index (κ3) is 2.52. The van der Waals surface area contributed by atoms with Crippen molar-refractivity contribution in [3.8, 4) is 0 Å². The molecule has 1 saturated heterocycles. The average Bonchev–Trinajstić information content (AvgIpc) is 2.22. The summed E-state index contributed by atoms with van der Waals surface area (Å²) in [6.07, 6.45) is 0. The fourth-order valence-corrected chi connectivity index (χ4v) is 1.67. The maximum Gasteiger partial charge on any atom is 0.245 e. The van der Waals surface area contributed by atoms with E-state index in [1.165, 1.54) is 0 Å². The number of methoxy groups -OCH3 is 1. The second kappa shape index (κ2) is 4.41. The predicted octanol–water partition coefficient (Wildman–Crippen LogP) is 0.147. The van der Waals surface area contributed by atoms with Crippen LogP contribution in [0.1, 0.15) is 27.7 Å². The number of nitrogens with one attached hydrogen (secondary N) is 1. The molecule has 2 amide bonds. The van der Waals surface area contributed by atoms with E-state index < -0.39 is 17.7 Å². The zero-order valence-electron chi connectivity index (χ0n) is 10.5. The second-order valence-corrected chi connectivity index (χ2v) is 4.84. The number of nitrogens with zero attached hydrogens (tertiary/aromatic N) is 1. The smallest absolute Gasteiger partial charge is 0.245 e. The van der Waals surface area contributed by atoms with Crippen molar-refractivity contribution in [1.82, 2.24) is 10.2 Å². The van der Waals surface area contributed by atoms with Crippen LogP contribution in [0.5, 0.6) is 0 Å². The van der Waals surface area contributed by atoms with E-state index >= 15 is 0 Å². The molecule has 0 aliphatic carbocycles. The second-order valence-electron chi connectivity index (χ2n) is 4.84. The van der Waals surface area contributed by atoms with Crippen LogP contribution in [0.3, 0.4) is 0 Å². The molecule has 0 bridgehead atoms. The summed E-state index contributed by atoms with van der Waals surface area (Å²) in [6, 6.07) is -0.880. The number of hydrogen-bond donors (Lipinski definition) is 1. The van der Waals surface area contributed by atoms with Gasteiger partial charge in [-0.25, -0.2) is 0 Å². The summed E-state index contributed by atoms with van der Waals surface area (Å²) in [6.45, 7) is 7.62. The molecule has 2 atom stereocenters. The maximum atomic E-state index is 11.9. The minimum Gasteiger partial charge on any atom is -0.377 e. The molecule has 1 N–H and O–H groups in total. The lowest BCUT2D eigenvalue weighted by Gasteiger charge is -2.40. The molecule has 2 unspecified atom stereocenters. The van der Waals surface area contributed by atoms with Gasteiger partial charge in [-0.05, 0) is 27.7 Å². The van der Waals surface area contributed by atoms with Crippen LogP contribution in [-0.4, -0.2) is 48.1 Å². The number of carbonyl (C=O) groups is 2. The van der Waals surface area contributed by atoms with Crippen LogP contribution >= 0.6 is 0 Å². The normalized spacial score (nSPS) is 26.9. The number of amides is 2. The molecule has 0 aromatic rings. The first-order valence-electron chi connectivity index (χ1n) is 5.44. The standard InChI is InChI=1S/C11H20N2O3/c1-7-10(15)13(6-11(3,4)16-5)8(2)9(14)12-7/h7-8H,6H2,1-5H3,(H,12,14). The van der Waals surface area contributed by atoms with Gasteiger partial charge in [-0.1, -0.05) is 0 Å². The molecule has 1 rings (SSSR count). The average molecular weight is 228 g/mol. The summed E-state index contributed by atoms with van der Waals surface area (Å²) in [4.78, 5) is 25.1. The number of carbonyl (C=O) groups excluding carboxylic acids is 2. The molecule has 0 aromatic heterocycles. The van der Waals surface area contributed by atoms with Crippen LogP contribution in [0.25, 0.3) is 0 Å². The Bertz CT molecular complexity index is 302. The number of piperazine rings is 1. The Morgan fingerprint density at radius 3 is 2.44 bits per heavy atom. The summed E-state index contributed by atoms with van der Waals surface area (Å²) >= 11 is 0. The quantitative estimate of drug-likeness (QED) is 0.748. The highest BCUT2D eigenvalue weighted by Gasteiger charge is 2.38. The molecular formula is C11H20N2O3. The van der Waals surface area contributed by atoms with Gasteiger partial charge < -0.3 is 15.0 Å². The van der Waals surface area contributed by atoms with E-state index in [0.29, 0.717) is 6.54 Å². The van der Waals surface area contributed by atoms with Crippen molar-refractivity contribution >= 4 is 11.8 Å². The highest BCUT2D eigenvalue weighted by Crippen LogP contribution is 2.16. The predicted molar refractivity (Wildman–Crippen MR) is 59.9 cm³/mol. The largest absolute Gasteiger partial charge is 0.377 e. The SMILES string of the molecule is COC(C)(C)CN1C(=O)C(C)NC(=O)C1C. The topological polar surface area (TPSA) is 58.6 Å². The van der Waals surface area contributed by atoms with Crippen molar-refractivity contribution in [1.29, 1.82) is 0 Å². The molecule has 5 nitrogen and oxygen atoms in total. The minimum atomic E-state index is -0.448. The Hall–Kier alpha value is -1.10. The number of hydrogen-bond acceptors (Lipinski definition) is 3. The summed E-state index contributed by atoms with van der Waals surface area (Å²) in [5.74, 6) is -0.170. The Kier molecular flexibility index (Phi) is 3.57. The van der Waals surface area contributed by atoms with Crippen LogP contribution in [0, 0.1) is 0 Å². The molecule has 0 spiro atoms. The van der Waals surface area contributed by atoms with Crippen molar-refractivity contribution < 1.29 is 14.3 Å². The van der Waals surface area contributed by atoms with Crippen molar-refractivity contribution in [2.75, 3.05) is 13.7 Å². The van der Waals surface area contributed by atoms with E-state index in [0.717, 1.165) is 0 Å². The van der Waals surface area contributed by atoms with Crippen molar-refractivity contribution in [2.45, 2.75) is 45.4 Å². The molecular weight excluding hydrogens is 208 g/mol. The molecule has 1 aliphatic heterocycles. The van der Waals surface area contributed by atoms with Gasteiger partial charge in [0.25, 0.3) is 0 Å². The van der Waals surface area contributed by atoms with E-state index in [9.17, 15) is 9.59 Å². The van der Waals surface area contributed by atoms with Gasteiger partial charge in [0.05, 0.1) is 5.60 Å². The Morgan fingerprint density at radius 1 is 1.38 bits per heavy atom. The van der Waals surface area contributed by atoms with Gasteiger partial charge in [-0.3, -0.25) is 9.59 Å². The Balaban J connectivity index is 2.83. The van der Waals surface area contributed by atoms with E-state index in [4.69, 9.17) is 4.74 Å². The summed E-state index contributed by atoms with van der Waals surface area (Å²) in [7, 11) is 1.60. The molecule has 0 saturated carbocycles. The summed E-state index contributed by atoms with van der Waals surface area (Å²) in [5, 5.41) is 2.64. The highest BCUT2D eigenvalue weighted by atomic mass is 16.5. The molecule has 1 aliphatic rings. The van der Waals surface area contributed by atoms with Crippen LogP contribution in [0.2, 0.25) is 0 Å². The fourth-order valence-electron chi connectivity index (χ4n) is 1.67. The molecule has 0 radical (unpaired) electrons. The van der Waals surface area contributed by atoms with E-state index in [2.05, 4.69) is 5.32 Å². The maximum absolute atomic E-state index is 11.9. The van der Waals surface area contributed by atoms with Crippen molar-refractivity contribution in [2.24, 2.45) is 0 Å². The lowest BCUT2D eigenvalue weighted by molar-refractivity contribution is -0.151. The van der Waals surface area contributed by atoms with Gasteiger partial charge >= 0.3 is 0 Å². The van der Waals surface area contributed by atoms with Gasteiger partial charge in [0.1, 0.15) is 12.1 Å². The molecule has 16 heavy (non-hydrogen) atoms. The zero-order valence-corrected chi connectivity index (χ0v) is 10.5. The first kappa shape index (κ1) is 13.0. The fraction of sp³-hybridized carbons (Fsp3) is 0.818. The van der Waals surface area contributed by atoms with Crippen LogP contribution in [0.15, 0.2) is 0 Å². The minimum absolute atomic E-state index is 0.0581.